The van der Waals surface area contributed by atoms with Gasteiger partial charge in [0.1, 0.15) is 11.5 Å². The first-order valence-corrected chi connectivity index (χ1v) is 8.43. The van der Waals surface area contributed by atoms with Crippen LogP contribution >= 0.6 is 11.6 Å². The molecule has 2 aromatic rings. The Balaban J connectivity index is 1.81. The fourth-order valence-corrected chi connectivity index (χ4v) is 2.60. The van der Waals surface area contributed by atoms with Crippen LogP contribution in [-0.4, -0.2) is 39.1 Å². The summed E-state index contributed by atoms with van der Waals surface area (Å²) in [6.45, 7) is 0.604. The Hall–Kier alpha value is -2.73. The summed E-state index contributed by atoms with van der Waals surface area (Å²) in [4.78, 5) is 24.1. The number of methoxy groups -OCH3 is 2. The molecule has 2 aromatic carbocycles. The van der Waals surface area contributed by atoms with E-state index in [1.54, 1.807) is 56.7 Å². The van der Waals surface area contributed by atoms with E-state index >= 15 is 0 Å². The van der Waals surface area contributed by atoms with E-state index in [0.29, 0.717) is 35.2 Å². The van der Waals surface area contributed by atoms with Crippen molar-refractivity contribution < 1.29 is 19.1 Å². The van der Waals surface area contributed by atoms with Crippen molar-refractivity contribution in [3.05, 3.63) is 58.6 Å². The molecule has 0 aliphatic heterocycles. The maximum atomic E-state index is 12.1. The van der Waals surface area contributed by atoms with Gasteiger partial charge >= 0.3 is 0 Å². The van der Waals surface area contributed by atoms with E-state index < -0.39 is 0 Å². The van der Waals surface area contributed by atoms with E-state index in [2.05, 4.69) is 10.6 Å². The number of hydrogen-bond acceptors (Lipinski definition) is 4. The molecule has 0 unspecified atom stereocenters. The fraction of sp³-hybridized carbons (Fsp3) is 0.263. The number of carbonyl (C=O) groups is 2. The van der Waals surface area contributed by atoms with Crippen molar-refractivity contribution in [2.45, 2.75) is 6.42 Å². The normalized spacial score (nSPS) is 10.1. The lowest BCUT2D eigenvalue weighted by Gasteiger charge is -2.11. The lowest BCUT2D eigenvalue weighted by molar-refractivity contribution is -0.120. The first-order valence-electron chi connectivity index (χ1n) is 8.05. The number of rotatable bonds is 8. The SMILES string of the molecule is COc1ccc(OC)c(CC(=O)NCCNC(=O)c2ccccc2Cl)c1. The molecular weight excluding hydrogens is 356 g/mol. The smallest absolute Gasteiger partial charge is 0.252 e. The lowest BCUT2D eigenvalue weighted by atomic mass is 10.1. The summed E-state index contributed by atoms with van der Waals surface area (Å²) < 4.78 is 10.4. The van der Waals surface area contributed by atoms with E-state index in [1.807, 2.05) is 0 Å². The Morgan fingerprint density at radius 3 is 2.42 bits per heavy atom. The topological polar surface area (TPSA) is 76.7 Å². The first-order chi connectivity index (χ1) is 12.5. The Labute approximate surface area is 157 Å². The van der Waals surface area contributed by atoms with E-state index in [9.17, 15) is 9.59 Å². The number of amides is 2. The molecule has 0 radical (unpaired) electrons. The molecule has 0 heterocycles. The van der Waals surface area contributed by atoms with Crippen molar-refractivity contribution in [2.75, 3.05) is 27.3 Å². The van der Waals surface area contributed by atoms with Gasteiger partial charge in [0.2, 0.25) is 5.91 Å². The Kier molecular flexibility index (Phi) is 7.29. The van der Waals surface area contributed by atoms with Crippen molar-refractivity contribution in [3.8, 4) is 11.5 Å². The summed E-state index contributed by atoms with van der Waals surface area (Å²) in [6.07, 6.45) is 0.152. The van der Waals surface area contributed by atoms with Crippen LogP contribution in [0.1, 0.15) is 15.9 Å². The minimum absolute atomic E-state index is 0.152. The summed E-state index contributed by atoms with van der Waals surface area (Å²) in [7, 11) is 3.11. The summed E-state index contributed by atoms with van der Waals surface area (Å²) in [5, 5.41) is 5.86. The van der Waals surface area contributed by atoms with Gasteiger partial charge in [0.15, 0.2) is 0 Å². The van der Waals surface area contributed by atoms with Gasteiger partial charge in [-0.15, -0.1) is 0 Å². The summed E-state index contributed by atoms with van der Waals surface area (Å²) >= 11 is 5.97. The van der Waals surface area contributed by atoms with Gasteiger partial charge in [0.05, 0.1) is 31.2 Å². The third-order valence-corrected chi connectivity index (χ3v) is 4.02. The predicted octanol–water partition coefficient (Wildman–Crippen LogP) is 2.45. The molecule has 0 aliphatic rings. The molecule has 6 nitrogen and oxygen atoms in total. The standard InChI is InChI=1S/C19H21ClN2O4/c1-25-14-7-8-17(26-2)13(11-14)12-18(23)21-9-10-22-19(24)15-5-3-4-6-16(15)20/h3-8,11H,9-10,12H2,1-2H3,(H,21,23)(H,22,24). The van der Waals surface area contributed by atoms with Gasteiger partial charge in [-0.25, -0.2) is 0 Å². The molecule has 2 N–H and O–H groups in total. The number of nitrogens with one attached hydrogen (secondary N) is 2. The second-order valence-corrected chi connectivity index (χ2v) is 5.85. The van der Waals surface area contributed by atoms with Crippen LogP contribution in [0.2, 0.25) is 5.02 Å². The van der Waals surface area contributed by atoms with Crippen LogP contribution in [0, 0.1) is 0 Å². The maximum absolute atomic E-state index is 12.1. The van der Waals surface area contributed by atoms with Gasteiger partial charge in [-0.2, -0.15) is 0 Å². The van der Waals surface area contributed by atoms with Gasteiger partial charge in [-0.05, 0) is 30.3 Å². The summed E-state index contributed by atoms with van der Waals surface area (Å²) in [6, 6.07) is 12.1. The molecule has 0 saturated heterocycles. The number of halogens is 1. The molecule has 2 rings (SSSR count). The van der Waals surface area contributed by atoms with Gasteiger partial charge in [-0.3, -0.25) is 9.59 Å². The minimum atomic E-state index is -0.278. The number of hydrogen-bond donors (Lipinski definition) is 2. The molecular formula is C19H21ClN2O4. The molecule has 0 aromatic heterocycles. The number of ether oxygens (including phenoxy) is 2. The van der Waals surface area contributed by atoms with Gasteiger partial charge in [0.25, 0.3) is 5.91 Å². The fourth-order valence-electron chi connectivity index (χ4n) is 2.37. The molecule has 0 saturated carbocycles. The minimum Gasteiger partial charge on any atom is -0.497 e. The molecule has 2 amide bonds. The molecule has 0 bridgehead atoms. The van der Waals surface area contributed by atoms with Crippen LogP contribution in [0.3, 0.4) is 0 Å². The average Bonchev–Trinajstić information content (AvgIpc) is 2.65. The quantitative estimate of drug-likeness (QED) is 0.694. The molecule has 0 fully saturated rings. The first kappa shape index (κ1) is 19.6. The maximum Gasteiger partial charge on any atom is 0.252 e. The van der Waals surface area contributed by atoms with Gasteiger partial charge in [0, 0.05) is 18.7 Å². The zero-order chi connectivity index (χ0) is 18.9. The van der Waals surface area contributed by atoms with Crippen LogP contribution in [0.5, 0.6) is 11.5 Å². The van der Waals surface area contributed by atoms with Crippen molar-refractivity contribution >= 4 is 23.4 Å². The lowest BCUT2D eigenvalue weighted by Crippen LogP contribution is -2.35. The predicted molar refractivity (Wildman–Crippen MR) is 100 cm³/mol. The van der Waals surface area contributed by atoms with Gasteiger partial charge in [-0.1, -0.05) is 23.7 Å². The highest BCUT2D eigenvalue weighted by molar-refractivity contribution is 6.33. The van der Waals surface area contributed by atoms with Gasteiger partial charge < -0.3 is 20.1 Å². The molecule has 0 spiro atoms. The Bertz CT molecular complexity index is 780. The average molecular weight is 377 g/mol. The molecule has 7 heteroatoms. The van der Waals surface area contributed by atoms with Crippen LogP contribution in [0.15, 0.2) is 42.5 Å². The van der Waals surface area contributed by atoms with E-state index in [-0.39, 0.29) is 18.2 Å². The van der Waals surface area contributed by atoms with Crippen LogP contribution in [-0.2, 0) is 11.2 Å². The highest BCUT2D eigenvalue weighted by Gasteiger charge is 2.11. The Morgan fingerprint density at radius 1 is 1.00 bits per heavy atom. The van der Waals surface area contributed by atoms with E-state index in [0.717, 1.165) is 5.56 Å². The van der Waals surface area contributed by atoms with Crippen molar-refractivity contribution in [2.24, 2.45) is 0 Å². The zero-order valence-electron chi connectivity index (χ0n) is 14.7. The van der Waals surface area contributed by atoms with Crippen LogP contribution in [0.25, 0.3) is 0 Å². The second kappa shape index (κ2) is 9.68. The van der Waals surface area contributed by atoms with E-state index in [4.69, 9.17) is 21.1 Å². The molecule has 26 heavy (non-hydrogen) atoms. The zero-order valence-corrected chi connectivity index (χ0v) is 15.4. The number of carbonyl (C=O) groups excluding carboxylic acids is 2. The summed E-state index contributed by atoms with van der Waals surface area (Å²) in [5.41, 5.74) is 1.13. The van der Waals surface area contributed by atoms with Crippen LogP contribution < -0.4 is 20.1 Å². The monoisotopic (exact) mass is 376 g/mol. The van der Waals surface area contributed by atoms with Crippen molar-refractivity contribution in [1.29, 1.82) is 0 Å². The van der Waals surface area contributed by atoms with Crippen molar-refractivity contribution in [1.82, 2.24) is 10.6 Å². The summed E-state index contributed by atoms with van der Waals surface area (Å²) in [5.74, 6) is 0.816. The highest BCUT2D eigenvalue weighted by Crippen LogP contribution is 2.24. The molecule has 0 aliphatic carbocycles. The molecule has 138 valence electrons. The highest BCUT2D eigenvalue weighted by atomic mass is 35.5. The third-order valence-electron chi connectivity index (χ3n) is 3.69. The molecule has 0 atom stereocenters. The Morgan fingerprint density at radius 2 is 1.73 bits per heavy atom. The van der Waals surface area contributed by atoms with E-state index in [1.165, 1.54) is 0 Å². The number of benzene rings is 2. The van der Waals surface area contributed by atoms with Crippen molar-refractivity contribution in [3.63, 3.8) is 0 Å². The second-order valence-electron chi connectivity index (χ2n) is 5.44. The van der Waals surface area contributed by atoms with Crippen LogP contribution in [0.4, 0.5) is 0 Å². The third kappa shape index (κ3) is 5.39. The largest absolute Gasteiger partial charge is 0.497 e.